The molecular formula is C12H16Cl2N2. The average molecular weight is 259 g/mol. The number of rotatable bonds is 2. The highest BCUT2D eigenvalue weighted by Crippen LogP contribution is 2.30. The van der Waals surface area contributed by atoms with Crippen LogP contribution in [0.5, 0.6) is 0 Å². The Kier molecular flexibility index (Phi) is 4.09. The Labute approximate surface area is 106 Å². The largest absolute Gasteiger partial charge is 0.324 e. The molecule has 0 aliphatic carbocycles. The number of halogens is 2. The zero-order chi connectivity index (χ0) is 11.5. The molecule has 3 N–H and O–H groups in total. The van der Waals surface area contributed by atoms with Gasteiger partial charge in [0.1, 0.15) is 0 Å². The fourth-order valence-corrected chi connectivity index (χ4v) is 2.50. The van der Waals surface area contributed by atoms with E-state index in [2.05, 4.69) is 5.32 Å². The van der Waals surface area contributed by atoms with Crippen molar-refractivity contribution in [2.45, 2.75) is 18.9 Å². The van der Waals surface area contributed by atoms with Crippen molar-refractivity contribution in [3.63, 3.8) is 0 Å². The van der Waals surface area contributed by atoms with E-state index < -0.39 is 0 Å². The summed E-state index contributed by atoms with van der Waals surface area (Å²) in [4.78, 5) is 0. The van der Waals surface area contributed by atoms with Crippen LogP contribution in [0.15, 0.2) is 18.2 Å². The molecule has 4 heteroatoms. The predicted molar refractivity (Wildman–Crippen MR) is 69.0 cm³/mol. The van der Waals surface area contributed by atoms with E-state index in [0.29, 0.717) is 16.0 Å². The number of hydrogen-bond donors (Lipinski definition) is 2. The van der Waals surface area contributed by atoms with Crippen LogP contribution in [0.2, 0.25) is 10.0 Å². The van der Waals surface area contributed by atoms with Crippen molar-refractivity contribution in [3.05, 3.63) is 33.8 Å². The van der Waals surface area contributed by atoms with Crippen LogP contribution in [-0.4, -0.2) is 13.1 Å². The van der Waals surface area contributed by atoms with E-state index >= 15 is 0 Å². The molecule has 1 aromatic carbocycles. The highest BCUT2D eigenvalue weighted by atomic mass is 35.5. The summed E-state index contributed by atoms with van der Waals surface area (Å²) in [5, 5.41) is 4.51. The third kappa shape index (κ3) is 2.69. The minimum absolute atomic E-state index is 0.0665. The molecule has 0 amide bonds. The van der Waals surface area contributed by atoms with Gasteiger partial charge in [0.2, 0.25) is 0 Å². The van der Waals surface area contributed by atoms with Gasteiger partial charge in [-0.3, -0.25) is 0 Å². The summed E-state index contributed by atoms with van der Waals surface area (Å²) in [5.74, 6) is 0.540. The first kappa shape index (κ1) is 12.2. The molecule has 1 aliphatic heterocycles. The van der Waals surface area contributed by atoms with Gasteiger partial charge in [-0.15, -0.1) is 0 Å². The number of piperidine rings is 1. The molecule has 1 saturated heterocycles. The minimum Gasteiger partial charge on any atom is -0.324 e. The number of hydrogen-bond acceptors (Lipinski definition) is 2. The highest BCUT2D eigenvalue weighted by molar-refractivity contribution is 6.42. The van der Waals surface area contributed by atoms with Gasteiger partial charge in [-0.1, -0.05) is 29.3 Å². The van der Waals surface area contributed by atoms with Crippen LogP contribution in [0.25, 0.3) is 0 Å². The van der Waals surface area contributed by atoms with E-state index in [1.165, 1.54) is 0 Å². The van der Waals surface area contributed by atoms with Gasteiger partial charge < -0.3 is 11.1 Å². The molecule has 2 rings (SSSR count). The van der Waals surface area contributed by atoms with Gasteiger partial charge >= 0.3 is 0 Å². The monoisotopic (exact) mass is 258 g/mol. The Balaban J connectivity index is 2.12. The molecule has 1 heterocycles. The lowest BCUT2D eigenvalue weighted by atomic mass is 9.87. The Bertz CT molecular complexity index is 362. The first-order chi connectivity index (χ1) is 7.68. The van der Waals surface area contributed by atoms with E-state index in [1.54, 1.807) is 0 Å². The van der Waals surface area contributed by atoms with Crippen LogP contribution in [0.3, 0.4) is 0 Å². The summed E-state index contributed by atoms with van der Waals surface area (Å²) in [6.45, 7) is 2.11. The second-order valence-corrected chi connectivity index (χ2v) is 5.10. The van der Waals surface area contributed by atoms with Crippen LogP contribution < -0.4 is 11.1 Å². The molecule has 1 fully saturated rings. The Morgan fingerprint density at radius 3 is 2.50 bits per heavy atom. The van der Waals surface area contributed by atoms with E-state index in [4.69, 9.17) is 28.9 Å². The molecule has 1 aromatic rings. The quantitative estimate of drug-likeness (QED) is 0.856. The topological polar surface area (TPSA) is 38.0 Å². The zero-order valence-corrected chi connectivity index (χ0v) is 10.6. The van der Waals surface area contributed by atoms with Gasteiger partial charge in [-0.05, 0) is 49.5 Å². The second kappa shape index (κ2) is 5.37. The third-order valence-corrected chi connectivity index (χ3v) is 3.96. The normalized spacial score (nSPS) is 19.7. The lowest BCUT2D eigenvalue weighted by Crippen LogP contribution is -2.33. The molecule has 0 saturated carbocycles. The van der Waals surface area contributed by atoms with Crippen molar-refractivity contribution < 1.29 is 0 Å². The predicted octanol–water partition coefficient (Wildman–Crippen LogP) is 2.99. The maximum atomic E-state index is 6.26. The third-order valence-electron chi connectivity index (χ3n) is 3.22. The molecule has 16 heavy (non-hydrogen) atoms. The van der Waals surface area contributed by atoms with Gasteiger partial charge in [0.15, 0.2) is 0 Å². The van der Waals surface area contributed by atoms with Gasteiger partial charge in [0.05, 0.1) is 10.0 Å². The fourth-order valence-electron chi connectivity index (χ4n) is 2.20. The maximum Gasteiger partial charge on any atom is 0.0595 e. The summed E-state index contributed by atoms with van der Waals surface area (Å²) in [7, 11) is 0. The van der Waals surface area contributed by atoms with Gasteiger partial charge in [-0.25, -0.2) is 0 Å². The van der Waals surface area contributed by atoms with Gasteiger partial charge in [-0.2, -0.15) is 0 Å². The summed E-state index contributed by atoms with van der Waals surface area (Å²) in [5.41, 5.74) is 7.34. The minimum atomic E-state index is 0.0665. The average Bonchev–Trinajstić information content (AvgIpc) is 2.33. The lowest BCUT2D eigenvalue weighted by molar-refractivity contribution is 0.322. The van der Waals surface area contributed by atoms with Crippen LogP contribution >= 0.6 is 23.2 Å². The molecule has 2 nitrogen and oxygen atoms in total. The summed E-state index contributed by atoms with van der Waals surface area (Å²) in [6, 6.07) is 5.74. The van der Waals surface area contributed by atoms with E-state index in [0.717, 1.165) is 31.5 Å². The Morgan fingerprint density at radius 1 is 1.19 bits per heavy atom. The van der Waals surface area contributed by atoms with Crippen LogP contribution in [-0.2, 0) is 0 Å². The summed E-state index contributed by atoms with van der Waals surface area (Å²) >= 11 is 11.9. The summed E-state index contributed by atoms with van der Waals surface area (Å²) in [6.07, 6.45) is 2.25. The SMILES string of the molecule is NC(c1ccc(Cl)c(Cl)c1)C1CCNCC1. The highest BCUT2D eigenvalue weighted by Gasteiger charge is 2.21. The number of benzene rings is 1. The van der Waals surface area contributed by atoms with Crippen molar-refractivity contribution in [2.75, 3.05) is 13.1 Å². The number of nitrogens with one attached hydrogen (secondary N) is 1. The van der Waals surface area contributed by atoms with Crippen molar-refractivity contribution in [3.8, 4) is 0 Å². The molecule has 1 unspecified atom stereocenters. The lowest BCUT2D eigenvalue weighted by Gasteiger charge is -2.28. The van der Waals surface area contributed by atoms with Crippen LogP contribution in [0.1, 0.15) is 24.4 Å². The second-order valence-electron chi connectivity index (χ2n) is 4.29. The first-order valence-corrected chi connectivity index (χ1v) is 6.35. The molecule has 0 bridgehead atoms. The molecule has 88 valence electrons. The summed E-state index contributed by atoms with van der Waals surface area (Å²) < 4.78 is 0. The van der Waals surface area contributed by atoms with Crippen LogP contribution in [0, 0.1) is 5.92 Å². The number of nitrogens with two attached hydrogens (primary N) is 1. The zero-order valence-electron chi connectivity index (χ0n) is 9.05. The maximum absolute atomic E-state index is 6.26. The smallest absolute Gasteiger partial charge is 0.0595 e. The van der Waals surface area contributed by atoms with E-state index in [1.807, 2.05) is 18.2 Å². The van der Waals surface area contributed by atoms with Crippen molar-refractivity contribution in [2.24, 2.45) is 11.7 Å². The Hall–Kier alpha value is -0.280. The fraction of sp³-hybridized carbons (Fsp3) is 0.500. The van der Waals surface area contributed by atoms with E-state index in [9.17, 15) is 0 Å². The van der Waals surface area contributed by atoms with Crippen LogP contribution in [0.4, 0.5) is 0 Å². The molecule has 0 aromatic heterocycles. The Morgan fingerprint density at radius 2 is 1.88 bits per heavy atom. The van der Waals surface area contributed by atoms with Crippen molar-refractivity contribution in [1.82, 2.24) is 5.32 Å². The molecule has 0 spiro atoms. The molecule has 1 aliphatic rings. The standard InChI is InChI=1S/C12H16Cl2N2/c13-10-2-1-9(7-11(10)14)12(15)8-3-5-16-6-4-8/h1-2,7-8,12,16H,3-6,15H2. The van der Waals surface area contributed by atoms with Gasteiger partial charge in [0, 0.05) is 6.04 Å². The first-order valence-electron chi connectivity index (χ1n) is 5.59. The van der Waals surface area contributed by atoms with Crippen molar-refractivity contribution in [1.29, 1.82) is 0 Å². The molecular weight excluding hydrogens is 243 g/mol. The van der Waals surface area contributed by atoms with Gasteiger partial charge in [0.25, 0.3) is 0 Å². The van der Waals surface area contributed by atoms with E-state index in [-0.39, 0.29) is 6.04 Å². The molecule has 1 atom stereocenters. The molecule has 0 radical (unpaired) electrons. The van der Waals surface area contributed by atoms with Crippen molar-refractivity contribution >= 4 is 23.2 Å².